The number of nitrogens with zero attached hydrogens (tertiary/aromatic N) is 2. The first-order chi connectivity index (χ1) is 18.4. The molecule has 1 aliphatic heterocycles. The number of rotatable bonds is 7. The number of aryl methyl sites for hydroxylation is 2. The van der Waals surface area contributed by atoms with Gasteiger partial charge in [-0.3, -0.25) is 14.6 Å². The normalized spacial score (nSPS) is 16.6. The summed E-state index contributed by atoms with van der Waals surface area (Å²) in [5.74, 6) is -0.914. The van der Waals surface area contributed by atoms with Gasteiger partial charge in [-0.05, 0) is 60.9 Å². The highest BCUT2D eigenvalue weighted by Crippen LogP contribution is 2.40. The van der Waals surface area contributed by atoms with Crippen molar-refractivity contribution in [2.45, 2.75) is 33.0 Å². The first-order valence-corrected chi connectivity index (χ1v) is 12.4. The standard InChI is InChI=1S/C32H28N2O4/c1-21-9-8-12-24(17-21)29-28(31(36)32(37)34(29)19-26-13-6-7-16-33-26)30(35)25-14-15-27(22(2)18-25)38-20-23-10-4-3-5-11-23/h3-18,29,35H,19-20H2,1-2H3/b30-28-. The summed E-state index contributed by atoms with van der Waals surface area (Å²) in [7, 11) is 0. The van der Waals surface area contributed by atoms with Gasteiger partial charge in [0.1, 0.15) is 18.1 Å². The summed E-state index contributed by atoms with van der Waals surface area (Å²) in [5.41, 5.74) is 4.76. The minimum atomic E-state index is -0.744. The smallest absolute Gasteiger partial charge is 0.296 e. The Bertz CT molecular complexity index is 1510. The lowest BCUT2D eigenvalue weighted by molar-refractivity contribution is -0.140. The van der Waals surface area contributed by atoms with Crippen LogP contribution in [0.15, 0.2) is 103 Å². The third-order valence-corrected chi connectivity index (χ3v) is 6.64. The van der Waals surface area contributed by atoms with Crippen molar-refractivity contribution in [1.29, 1.82) is 0 Å². The van der Waals surface area contributed by atoms with Gasteiger partial charge in [-0.1, -0.05) is 66.2 Å². The van der Waals surface area contributed by atoms with Crippen LogP contribution >= 0.6 is 0 Å². The fraction of sp³-hybridized carbons (Fsp3) is 0.156. The fourth-order valence-electron chi connectivity index (χ4n) is 4.75. The van der Waals surface area contributed by atoms with Crippen molar-refractivity contribution in [1.82, 2.24) is 9.88 Å². The number of aliphatic hydroxyl groups is 1. The van der Waals surface area contributed by atoms with Gasteiger partial charge in [0, 0.05) is 11.8 Å². The number of aromatic nitrogens is 1. The molecule has 5 rings (SSSR count). The van der Waals surface area contributed by atoms with Gasteiger partial charge < -0.3 is 14.7 Å². The highest BCUT2D eigenvalue weighted by molar-refractivity contribution is 6.46. The molecule has 1 aromatic heterocycles. The van der Waals surface area contributed by atoms with Crippen LogP contribution in [0.25, 0.3) is 5.76 Å². The van der Waals surface area contributed by atoms with Crippen molar-refractivity contribution in [3.63, 3.8) is 0 Å². The molecule has 1 N–H and O–H groups in total. The van der Waals surface area contributed by atoms with Gasteiger partial charge in [-0.2, -0.15) is 0 Å². The summed E-state index contributed by atoms with van der Waals surface area (Å²) in [4.78, 5) is 32.4. The zero-order valence-corrected chi connectivity index (χ0v) is 21.3. The molecular weight excluding hydrogens is 476 g/mol. The Labute approximate surface area is 221 Å². The van der Waals surface area contributed by atoms with Crippen molar-refractivity contribution in [2.24, 2.45) is 0 Å². The van der Waals surface area contributed by atoms with Crippen LogP contribution in [0.4, 0.5) is 0 Å². The summed E-state index contributed by atoms with van der Waals surface area (Å²) in [6, 6.07) is 27.4. The summed E-state index contributed by atoms with van der Waals surface area (Å²) in [5, 5.41) is 11.4. The van der Waals surface area contributed by atoms with Gasteiger partial charge in [-0.15, -0.1) is 0 Å². The summed E-state index contributed by atoms with van der Waals surface area (Å²) in [6.45, 7) is 4.39. The number of carbonyl (C=O) groups is 2. The van der Waals surface area contributed by atoms with Gasteiger partial charge >= 0.3 is 0 Å². The molecule has 0 aliphatic carbocycles. The van der Waals surface area contributed by atoms with Crippen molar-refractivity contribution in [2.75, 3.05) is 0 Å². The number of aliphatic hydroxyl groups excluding tert-OH is 1. The molecule has 1 unspecified atom stereocenters. The maximum Gasteiger partial charge on any atom is 0.296 e. The Morgan fingerprint density at radius 2 is 1.71 bits per heavy atom. The maximum absolute atomic E-state index is 13.3. The molecule has 38 heavy (non-hydrogen) atoms. The third kappa shape index (κ3) is 5.06. The minimum absolute atomic E-state index is 0.0638. The molecule has 6 nitrogen and oxygen atoms in total. The van der Waals surface area contributed by atoms with Crippen LogP contribution in [0.2, 0.25) is 0 Å². The second-order valence-electron chi connectivity index (χ2n) is 9.42. The Balaban J connectivity index is 1.52. The number of pyridine rings is 1. The monoisotopic (exact) mass is 504 g/mol. The van der Waals surface area contributed by atoms with E-state index in [1.807, 2.05) is 80.6 Å². The second kappa shape index (κ2) is 10.7. The molecule has 1 fully saturated rings. The van der Waals surface area contributed by atoms with E-state index >= 15 is 0 Å². The zero-order valence-electron chi connectivity index (χ0n) is 21.3. The first-order valence-electron chi connectivity index (χ1n) is 12.4. The van der Waals surface area contributed by atoms with E-state index in [1.165, 1.54) is 4.90 Å². The number of carbonyl (C=O) groups excluding carboxylic acids is 2. The van der Waals surface area contributed by atoms with E-state index < -0.39 is 17.7 Å². The molecule has 6 heteroatoms. The number of hydrogen-bond acceptors (Lipinski definition) is 5. The van der Waals surface area contributed by atoms with E-state index in [-0.39, 0.29) is 17.9 Å². The third-order valence-electron chi connectivity index (χ3n) is 6.64. The van der Waals surface area contributed by atoms with Crippen LogP contribution in [0.3, 0.4) is 0 Å². The van der Waals surface area contributed by atoms with Gasteiger partial charge in [0.25, 0.3) is 11.7 Å². The van der Waals surface area contributed by atoms with E-state index in [0.29, 0.717) is 23.6 Å². The Kier molecular flexibility index (Phi) is 7.05. The number of ether oxygens (including phenoxy) is 1. The van der Waals surface area contributed by atoms with Gasteiger partial charge in [-0.25, -0.2) is 0 Å². The van der Waals surface area contributed by atoms with Crippen LogP contribution in [-0.2, 0) is 22.7 Å². The Morgan fingerprint density at radius 1 is 0.921 bits per heavy atom. The lowest BCUT2D eigenvalue weighted by atomic mass is 9.94. The van der Waals surface area contributed by atoms with Crippen LogP contribution in [-0.4, -0.2) is 26.7 Å². The van der Waals surface area contributed by atoms with Crippen LogP contribution in [0.5, 0.6) is 5.75 Å². The average molecular weight is 505 g/mol. The Morgan fingerprint density at radius 3 is 2.42 bits per heavy atom. The van der Waals surface area contributed by atoms with Crippen LogP contribution < -0.4 is 4.74 Å². The molecule has 1 aliphatic rings. The number of amides is 1. The predicted molar refractivity (Wildman–Crippen MR) is 145 cm³/mol. The lowest BCUT2D eigenvalue weighted by Crippen LogP contribution is -2.29. The van der Waals surface area contributed by atoms with E-state index in [4.69, 9.17) is 4.74 Å². The molecular formula is C32H28N2O4. The zero-order chi connectivity index (χ0) is 26.6. The van der Waals surface area contributed by atoms with Crippen molar-refractivity contribution >= 4 is 17.4 Å². The number of ketones is 1. The van der Waals surface area contributed by atoms with Crippen molar-refractivity contribution < 1.29 is 19.4 Å². The van der Waals surface area contributed by atoms with Gasteiger partial charge in [0.2, 0.25) is 0 Å². The second-order valence-corrected chi connectivity index (χ2v) is 9.42. The predicted octanol–water partition coefficient (Wildman–Crippen LogP) is 5.90. The molecule has 0 spiro atoms. The van der Waals surface area contributed by atoms with Crippen LogP contribution in [0.1, 0.15) is 39.6 Å². The van der Waals surface area contributed by atoms with E-state index in [0.717, 1.165) is 22.3 Å². The highest BCUT2D eigenvalue weighted by atomic mass is 16.5. The molecule has 1 amide bonds. The topological polar surface area (TPSA) is 79.7 Å². The van der Waals surface area contributed by atoms with E-state index in [9.17, 15) is 14.7 Å². The van der Waals surface area contributed by atoms with Crippen LogP contribution in [0, 0.1) is 13.8 Å². The summed E-state index contributed by atoms with van der Waals surface area (Å²) in [6.07, 6.45) is 1.65. The summed E-state index contributed by atoms with van der Waals surface area (Å²) < 4.78 is 5.97. The average Bonchev–Trinajstić information content (AvgIpc) is 3.18. The van der Waals surface area contributed by atoms with Crippen molar-refractivity contribution in [3.05, 3.63) is 136 Å². The molecule has 0 saturated carbocycles. The number of Topliss-reactive ketones (excluding diaryl/α,β-unsaturated/α-hetero) is 1. The Hall–Kier alpha value is -4.71. The van der Waals surface area contributed by atoms with Crippen molar-refractivity contribution in [3.8, 4) is 5.75 Å². The SMILES string of the molecule is Cc1cccc(C2/C(=C(/O)c3ccc(OCc4ccccc4)c(C)c3)C(=O)C(=O)N2Cc2ccccn2)c1. The maximum atomic E-state index is 13.3. The largest absolute Gasteiger partial charge is 0.507 e. The van der Waals surface area contributed by atoms with E-state index in [1.54, 1.807) is 30.5 Å². The van der Waals surface area contributed by atoms with Gasteiger partial charge in [0.15, 0.2) is 0 Å². The lowest BCUT2D eigenvalue weighted by Gasteiger charge is -2.25. The van der Waals surface area contributed by atoms with Gasteiger partial charge in [0.05, 0.1) is 23.9 Å². The molecule has 2 heterocycles. The van der Waals surface area contributed by atoms with E-state index in [2.05, 4.69) is 4.98 Å². The summed E-state index contributed by atoms with van der Waals surface area (Å²) >= 11 is 0. The molecule has 3 aromatic carbocycles. The molecule has 190 valence electrons. The first kappa shape index (κ1) is 25.0. The molecule has 1 saturated heterocycles. The molecule has 1 atom stereocenters. The molecule has 4 aromatic rings. The molecule has 0 bridgehead atoms. The quantitative estimate of drug-likeness (QED) is 0.193. The minimum Gasteiger partial charge on any atom is -0.507 e. The molecule has 0 radical (unpaired) electrons. The fourth-order valence-corrected chi connectivity index (χ4v) is 4.75. The highest BCUT2D eigenvalue weighted by Gasteiger charge is 2.46. The number of hydrogen-bond donors (Lipinski definition) is 1. The number of likely N-dealkylation sites (tertiary alicyclic amines) is 1. The number of benzene rings is 3.